The van der Waals surface area contributed by atoms with Gasteiger partial charge >= 0.3 is 235 Å². The molecule has 0 fully saturated rings. The molecule has 2 N–H and O–H groups in total. The fourth-order valence-electron chi connectivity index (χ4n) is 6.67. The first-order valence-electron chi connectivity index (χ1n) is 13.2. The summed E-state index contributed by atoms with van der Waals surface area (Å²) < 4.78 is 8.94. The first-order valence-corrected chi connectivity index (χ1v) is 21.2. The van der Waals surface area contributed by atoms with Gasteiger partial charge in [-0.05, 0) is 0 Å². The molecule has 1 unspecified atom stereocenters. The molecule has 5 heteroatoms. The molecular weight excluding hydrogens is 543 g/mol. The Kier molecular flexibility index (Phi) is 6.54. The molecule has 0 bridgehead atoms. The van der Waals surface area contributed by atoms with Crippen molar-refractivity contribution in [1.82, 2.24) is 4.90 Å². The van der Waals surface area contributed by atoms with Gasteiger partial charge in [0.15, 0.2) is 0 Å². The Bertz CT molecular complexity index is 1560. The van der Waals surface area contributed by atoms with Crippen molar-refractivity contribution in [1.29, 1.82) is 0 Å². The van der Waals surface area contributed by atoms with Gasteiger partial charge in [-0.1, -0.05) is 0 Å². The first kappa shape index (κ1) is 27.2. The number of hydrogen-bond acceptors (Lipinski definition) is 2. The molecule has 2 nitrogen and oxygen atoms in total. The van der Waals surface area contributed by atoms with Crippen LogP contribution in [0.5, 0.6) is 0 Å². The SMILES string of the molecule is Cc1cc[c]([Ti]([NH2])([Cl])([Cl])([CH2]c2ccccc2)[CH]2C(c3ccccc3)=C(N(C)C)c3ccccc32)c(C)c1C. The van der Waals surface area contributed by atoms with E-state index < -0.39 is 16.4 Å². The normalized spacial score (nSPS) is 17.1. The second kappa shape index (κ2) is 9.12. The molecule has 0 amide bonds. The molecule has 4 aromatic carbocycles. The minimum atomic E-state index is -5.92. The zero-order valence-electron chi connectivity index (χ0n) is 22.8. The Balaban J connectivity index is 1.97. The Morgan fingerprint density at radius 1 is 0.737 bits per heavy atom. The van der Waals surface area contributed by atoms with E-state index in [1.165, 1.54) is 11.1 Å². The quantitative estimate of drug-likeness (QED) is 0.235. The second-order valence-electron chi connectivity index (χ2n) is 11.4. The number of benzene rings is 4. The van der Waals surface area contributed by atoms with E-state index in [0.29, 0.717) is 4.73 Å². The summed E-state index contributed by atoms with van der Waals surface area (Å²) in [5.74, 6) is 0. The molecule has 0 saturated carbocycles. The molecule has 1 aliphatic carbocycles. The van der Waals surface area contributed by atoms with Crippen molar-refractivity contribution in [3.05, 3.63) is 136 Å². The van der Waals surface area contributed by atoms with E-state index in [1.54, 1.807) is 0 Å². The maximum atomic E-state index is 8.37. The van der Waals surface area contributed by atoms with Crippen LogP contribution in [0.4, 0.5) is 0 Å². The van der Waals surface area contributed by atoms with Crippen LogP contribution in [0.2, 0.25) is 0 Å². The monoisotopic (exact) mass is 578 g/mol. The van der Waals surface area contributed by atoms with E-state index in [1.807, 2.05) is 24.3 Å². The summed E-state index contributed by atoms with van der Waals surface area (Å²) in [6.07, 6.45) is 0. The number of aryl methyl sites for hydroxylation is 1. The van der Waals surface area contributed by atoms with Gasteiger partial charge in [0.1, 0.15) is 0 Å². The average molecular weight is 579 g/mol. The van der Waals surface area contributed by atoms with Crippen LogP contribution in [-0.4, -0.2) is 19.0 Å². The zero-order valence-corrected chi connectivity index (χ0v) is 25.9. The molecule has 0 spiro atoms. The van der Waals surface area contributed by atoms with Gasteiger partial charge < -0.3 is 0 Å². The number of nitrogens with two attached hydrogens (primary N) is 1. The van der Waals surface area contributed by atoms with Crippen LogP contribution in [0.15, 0.2) is 97.1 Å². The van der Waals surface area contributed by atoms with Crippen LogP contribution < -0.4 is 8.08 Å². The van der Waals surface area contributed by atoms with Crippen molar-refractivity contribution in [3.63, 3.8) is 0 Å². The van der Waals surface area contributed by atoms with Gasteiger partial charge in [0.05, 0.1) is 0 Å². The summed E-state index contributed by atoms with van der Waals surface area (Å²) in [6.45, 7) is 6.39. The molecule has 0 aromatic heterocycles. The van der Waals surface area contributed by atoms with Crippen molar-refractivity contribution in [2.75, 3.05) is 14.1 Å². The van der Waals surface area contributed by atoms with Crippen molar-refractivity contribution in [2.45, 2.75) is 29.7 Å². The van der Waals surface area contributed by atoms with Gasteiger partial charge in [-0.15, -0.1) is 0 Å². The third kappa shape index (κ3) is 4.19. The number of halogens is 2. The fraction of sp³-hybridized carbons (Fsp3) is 0.212. The van der Waals surface area contributed by atoms with Crippen molar-refractivity contribution >= 4 is 33.7 Å². The number of nitrogens with zero attached hydrogens (tertiary/aromatic N) is 1. The van der Waals surface area contributed by atoms with Gasteiger partial charge in [0, 0.05) is 0 Å². The van der Waals surface area contributed by atoms with Gasteiger partial charge in [-0.25, -0.2) is 0 Å². The second-order valence-corrected chi connectivity index (χ2v) is 29.7. The molecule has 38 heavy (non-hydrogen) atoms. The van der Waals surface area contributed by atoms with Crippen LogP contribution in [-0.2, 0) is 16.9 Å². The number of rotatable bonds is 6. The van der Waals surface area contributed by atoms with Crippen LogP contribution in [0.3, 0.4) is 0 Å². The van der Waals surface area contributed by atoms with Crippen molar-refractivity contribution in [2.24, 2.45) is 4.22 Å². The minimum absolute atomic E-state index is 0.392. The molecule has 0 heterocycles. The van der Waals surface area contributed by atoms with E-state index in [2.05, 4.69) is 113 Å². The van der Waals surface area contributed by atoms with E-state index in [4.69, 9.17) is 22.8 Å². The molecule has 5 rings (SSSR count). The topological polar surface area (TPSA) is 29.3 Å². The predicted octanol–water partition coefficient (Wildman–Crippen LogP) is 8.03. The van der Waals surface area contributed by atoms with E-state index in [0.717, 1.165) is 43.0 Å². The Morgan fingerprint density at radius 3 is 1.95 bits per heavy atom. The standard InChI is InChI=1S/C17H16N.C9H11.C7H7.2ClH.H2N.Ti/c1-18(2)17-15-11-7-6-10-14(15)12-16(17)13-8-4-3-5-9-13;1-7-5-4-6-8(2)9(7)3;1-7-5-3-2-4-6-7;;;;/h3-12H,1-2H3;4-5H,1-3H3;2-6H,1H2;2*1H;1H2;/q;;;;;-1;+3/p-2. The molecule has 1 aliphatic rings. The average Bonchev–Trinajstić information content (AvgIpc) is 3.25. The number of hydrogen-bond donors (Lipinski definition) is 1. The molecular formula is C33H36Cl2N2Ti. The van der Waals surface area contributed by atoms with Crippen LogP contribution in [0.1, 0.15) is 43.2 Å². The maximum absolute atomic E-state index is 8.37. The third-order valence-corrected chi connectivity index (χ3v) is 21.4. The summed E-state index contributed by atoms with van der Waals surface area (Å²) >= 11 is -5.92. The van der Waals surface area contributed by atoms with E-state index >= 15 is 0 Å². The fourth-order valence-corrected chi connectivity index (χ4v) is 20.4. The summed E-state index contributed by atoms with van der Waals surface area (Å²) in [5, 5.41) is 0. The summed E-state index contributed by atoms with van der Waals surface area (Å²) in [5.41, 5.74) is 10.1. The number of fused-ring (bicyclic) bond motifs is 1. The van der Waals surface area contributed by atoms with Crippen molar-refractivity contribution < 1.29 is 12.2 Å². The molecule has 196 valence electrons. The zero-order chi connectivity index (χ0) is 27.4. The van der Waals surface area contributed by atoms with Gasteiger partial charge in [-0.3, -0.25) is 0 Å². The molecule has 0 radical (unpaired) electrons. The summed E-state index contributed by atoms with van der Waals surface area (Å²) in [7, 11) is 20.9. The van der Waals surface area contributed by atoms with Crippen molar-refractivity contribution in [3.8, 4) is 0 Å². The van der Waals surface area contributed by atoms with Crippen LogP contribution in [0, 0.1) is 20.8 Å². The Hall–Kier alpha value is -2.33. The first-order chi connectivity index (χ1) is 17.9. The molecule has 4 aromatic rings. The molecule has 0 aliphatic heterocycles. The Morgan fingerprint density at radius 2 is 1.32 bits per heavy atom. The molecule has 1 atom stereocenters. The van der Waals surface area contributed by atoms with Gasteiger partial charge in [-0.2, -0.15) is 0 Å². The predicted molar refractivity (Wildman–Crippen MR) is 162 cm³/mol. The van der Waals surface area contributed by atoms with Crippen LogP contribution in [0.25, 0.3) is 11.3 Å². The third-order valence-electron chi connectivity index (χ3n) is 8.57. The van der Waals surface area contributed by atoms with Gasteiger partial charge in [0.2, 0.25) is 0 Å². The molecule has 0 saturated heterocycles. The summed E-state index contributed by atoms with van der Waals surface area (Å²) in [4.78, 5) is 2.18. The van der Waals surface area contributed by atoms with Crippen LogP contribution >= 0.6 is 18.6 Å². The number of allylic oxidation sites excluding steroid dienone is 1. The van der Waals surface area contributed by atoms with Gasteiger partial charge in [0.25, 0.3) is 0 Å². The Labute approximate surface area is 233 Å². The summed E-state index contributed by atoms with van der Waals surface area (Å²) in [6, 6.07) is 33.5. The van der Waals surface area contributed by atoms with E-state index in [9.17, 15) is 0 Å². The van der Waals surface area contributed by atoms with E-state index in [-0.39, 0.29) is 0 Å².